The smallest absolute Gasteiger partial charge is 0.0739 e. The van der Waals surface area contributed by atoms with Gasteiger partial charge in [-0.3, -0.25) is 0 Å². The van der Waals surface area contributed by atoms with Crippen LogP contribution in [-0.4, -0.2) is 18.3 Å². The van der Waals surface area contributed by atoms with Gasteiger partial charge in [0, 0.05) is 18.2 Å². The first-order valence-corrected chi connectivity index (χ1v) is 4.69. The lowest BCUT2D eigenvalue weighted by molar-refractivity contribution is 0.572. The van der Waals surface area contributed by atoms with Crippen molar-refractivity contribution in [2.45, 2.75) is 25.4 Å². The van der Waals surface area contributed by atoms with Gasteiger partial charge in [-0.15, -0.1) is 0 Å². The largest absolute Gasteiger partial charge is 0.328 e. The maximum absolute atomic E-state index is 5.78. The molecule has 1 heterocycles. The van der Waals surface area contributed by atoms with Crippen LogP contribution in [0.1, 0.15) is 13.3 Å². The number of fused-ring (bicyclic) bond motifs is 1. The first-order valence-electron chi connectivity index (χ1n) is 4.69. The van der Waals surface area contributed by atoms with E-state index in [0.717, 1.165) is 6.42 Å². The van der Waals surface area contributed by atoms with Gasteiger partial charge in [0.1, 0.15) is 0 Å². The molecule has 0 saturated heterocycles. The van der Waals surface area contributed by atoms with Gasteiger partial charge in [0.25, 0.3) is 0 Å². The summed E-state index contributed by atoms with van der Waals surface area (Å²) < 4.78 is 0. The highest BCUT2D eigenvalue weighted by molar-refractivity contribution is 5.69. The number of allylic oxidation sites excluding steroid dienone is 2. The van der Waals surface area contributed by atoms with Crippen LogP contribution in [0.2, 0.25) is 0 Å². The highest BCUT2D eigenvalue weighted by Gasteiger charge is 2.27. The number of hydrogen-bond acceptors (Lipinski definition) is 3. The molecule has 3 nitrogen and oxygen atoms in total. The molecular weight excluding hydrogens is 162 g/mol. The summed E-state index contributed by atoms with van der Waals surface area (Å²) in [5.41, 5.74) is 10.2. The summed E-state index contributed by atoms with van der Waals surface area (Å²) in [6.45, 7) is 2.04. The van der Waals surface area contributed by atoms with Crippen LogP contribution in [0.4, 0.5) is 0 Å². The Hall–Kier alpha value is -1.09. The molecular formula is C10H15N3. The molecule has 2 aliphatic rings. The molecule has 3 heteroatoms. The average molecular weight is 177 g/mol. The Balaban J connectivity index is 2.12. The Morgan fingerprint density at radius 2 is 2.54 bits per heavy atom. The summed E-state index contributed by atoms with van der Waals surface area (Å²) in [6.07, 6.45) is 9.31. The van der Waals surface area contributed by atoms with E-state index in [1.807, 2.05) is 13.1 Å². The molecule has 0 bridgehead atoms. The molecule has 70 valence electrons. The van der Waals surface area contributed by atoms with Crippen LogP contribution in [0.3, 0.4) is 0 Å². The zero-order chi connectivity index (χ0) is 9.26. The second kappa shape index (κ2) is 3.34. The SMILES string of the molecule is CC(N)CC1=CC=CC2NN=CC12. The first-order chi connectivity index (χ1) is 6.27. The molecule has 3 atom stereocenters. The van der Waals surface area contributed by atoms with Gasteiger partial charge in [0.15, 0.2) is 0 Å². The maximum Gasteiger partial charge on any atom is 0.0739 e. The van der Waals surface area contributed by atoms with E-state index in [4.69, 9.17) is 5.73 Å². The van der Waals surface area contributed by atoms with Gasteiger partial charge in [-0.1, -0.05) is 23.8 Å². The number of nitrogens with one attached hydrogen (secondary N) is 1. The quantitative estimate of drug-likeness (QED) is 0.655. The monoisotopic (exact) mass is 177 g/mol. The zero-order valence-electron chi connectivity index (χ0n) is 7.77. The van der Waals surface area contributed by atoms with Gasteiger partial charge in [0.2, 0.25) is 0 Å². The molecule has 0 spiro atoms. The van der Waals surface area contributed by atoms with Crippen LogP contribution in [0.25, 0.3) is 0 Å². The first kappa shape index (κ1) is 8.51. The van der Waals surface area contributed by atoms with Crippen LogP contribution in [0.5, 0.6) is 0 Å². The fraction of sp³-hybridized carbons (Fsp3) is 0.500. The zero-order valence-corrected chi connectivity index (χ0v) is 7.77. The average Bonchev–Trinajstić information content (AvgIpc) is 2.51. The lowest BCUT2D eigenvalue weighted by Crippen LogP contribution is -2.30. The molecule has 0 aromatic rings. The highest BCUT2D eigenvalue weighted by atomic mass is 15.3. The van der Waals surface area contributed by atoms with Crippen molar-refractivity contribution < 1.29 is 0 Å². The van der Waals surface area contributed by atoms with Crippen LogP contribution >= 0.6 is 0 Å². The van der Waals surface area contributed by atoms with Crippen molar-refractivity contribution in [2.24, 2.45) is 16.8 Å². The Morgan fingerprint density at radius 1 is 1.69 bits per heavy atom. The molecule has 0 amide bonds. The molecule has 1 aliphatic carbocycles. The van der Waals surface area contributed by atoms with Crippen molar-refractivity contribution in [1.82, 2.24) is 5.43 Å². The maximum atomic E-state index is 5.78. The molecule has 3 unspecified atom stereocenters. The third kappa shape index (κ3) is 1.65. The van der Waals surface area contributed by atoms with Crippen LogP contribution in [0.15, 0.2) is 28.9 Å². The van der Waals surface area contributed by atoms with E-state index in [1.165, 1.54) is 5.57 Å². The summed E-state index contributed by atoms with van der Waals surface area (Å²) in [6, 6.07) is 0.589. The van der Waals surface area contributed by atoms with Gasteiger partial charge in [0.05, 0.1) is 6.04 Å². The Kier molecular flexibility index (Phi) is 2.19. The number of nitrogens with zero attached hydrogens (tertiary/aromatic N) is 1. The Morgan fingerprint density at radius 3 is 3.31 bits per heavy atom. The minimum atomic E-state index is 0.229. The van der Waals surface area contributed by atoms with Gasteiger partial charge in [-0.25, -0.2) is 0 Å². The van der Waals surface area contributed by atoms with Crippen molar-refractivity contribution in [1.29, 1.82) is 0 Å². The normalized spacial score (nSPS) is 32.3. The number of hydrogen-bond donors (Lipinski definition) is 2. The van der Waals surface area contributed by atoms with Crippen LogP contribution in [-0.2, 0) is 0 Å². The van der Waals surface area contributed by atoms with Crippen molar-refractivity contribution in [3.05, 3.63) is 23.8 Å². The van der Waals surface area contributed by atoms with Gasteiger partial charge < -0.3 is 11.2 Å². The molecule has 0 radical (unpaired) electrons. The Bertz CT molecular complexity index is 276. The topological polar surface area (TPSA) is 50.4 Å². The van der Waals surface area contributed by atoms with Crippen molar-refractivity contribution >= 4 is 6.21 Å². The van der Waals surface area contributed by atoms with E-state index in [1.54, 1.807) is 0 Å². The molecule has 2 rings (SSSR count). The van der Waals surface area contributed by atoms with E-state index in [2.05, 4.69) is 28.8 Å². The van der Waals surface area contributed by atoms with Crippen LogP contribution < -0.4 is 11.2 Å². The van der Waals surface area contributed by atoms with Crippen molar-refractivity contribution in [3.8, 4) is 0 Å². The lowest BCUT2D eigenvalue weighted by atomic mass is 9.86. The third-order valence-electron chi connectivity index (χ3n) is 2.46. The predicted octanol–water partition coefficient (Wildman–Crippen LogP) is 0.794. The van der Waals surface area contributed by atoms with E-state index < -0.39 is 0 Å². The molecule has 1 aliphatic heterocycles. The minimum absolute atomic E-state index is 0.229. The lowest BCUT2D eigenvalue weighted by Gasteiger charge is -2.22. The fourth-order valence-electron chi connectivity index (χ4n) is 1.86. The van der Waals surface area contributed by atoms with Gasteiger partial charge in [-0.2, -0.15) is 5.10 Å². The number of hydrazone groups is 1. The summed E-state index contributed by atoms with van der Waals surface area (Å²) >= 11 is 0. The van der Waals surface area contributed by atoms with Crippen molar-refractivity contribution in [3.63, 3.8) is 0 Å². The van der Waals surface area contributed by atoms with E-state index in [9.17, 15) is 0 Å². The summed E-state index contributed by atoms with van der Waals surface area (Å²) in [5.74, 6) is 0.427. The summed E-state index contributed by atoms with van der Waals surface area (Å²) in [4.78, 5) is 0. The standard InChI is InChI=1S/C10H15N3/c1-7(11)5-8-3-2-4-10-9(8)6-12-13-10/h2-4,6-7,9-10,13H,5,11H2,1H3. The fourth-order valence-corrected chi connectivity index (χ4v) is 1.86. The highest BCUT2D eigenvalue weighted by Crippen LogP contribution is 2.25. The molecule has 0 aromatic carbocycles. The van der Waals surface area contributed by atoms with E-state index in [-0.39, 0.29) is 6.04 Å². The summed E-state index contributed by atoms with van der Waals surface area (Å²) in [7, 11) is 0. The summed E-state index contributed by atoms with van der Waals surface area (Å²) in [5, 5.41) is 4.08. The number of rotatable bonds is 2. The molecule has 0 aromatic heterocycles. The predicted molar refractivity (Wildman–Crippen MR) is 54.4 cm³/mol. The molecule has 13 heavy (non-hydrogen) atoms. The molecule has 0 fully saturated rings. The molecule has 3 N–H and O–H groups in total. The Labute approximate surface area is 78.4 Å². The van der Waals surface area contributed by atoms with Gasteiger partial charge in [-0.05, 0) is 13.3 Å². The van der Waals surface area contributed by atoms with Gasteiger partial charge >= 0.3 is 0 Å². The second-order valence-electron chi connectivity index (χ2n) is 3.77. The second-order valence-corrected chi connectivity index (χ2v) is 3.77. The minimum Gasteiger partial charge on any atom is -0.328 e. The number of nitrogens with two attached hydrogens (primary N) is 1. The van der Waals surface area contributed by atoms with E-state index >= 15 is 0 Å². The molecule has 0 saturated carbocycles. The van der Waals surface area contributed by atoms with Crippen LogP contribution in [0, 0.1) is 5.92 Å². The third-order valence-corrected chi connectivity index (χ3v) is 2.46. The van der Waals surface area contributed by atoms with E-state index in [0.29, 0.717) is 12.0 Å². The van der Waals surface area contributed by atoms with Crippen molar-refractivity contribution in [2.75, 3.05) is 0 Å².